The number of rotatable bonds is 7. The molecule has 1 aliphatic heterocycles. The Morgan fingerprint density at radius 1 is 1.06 bits per heavy atom. The van der Waals surface area contributed by atoms with Crippen LogP contribution in [0.4, 0.5) is 4.79 Å². The van der Waals surface area contributed by atoms with Gasteiger partial charge in [-0.1, -0.05) is 69.3 Å². The van der Waals surface area contributed by atoms with Crippen LogP contribution >= 0.6 is 0 Å². The number of amides is 2. The lowest BCUT2D eigenvalue weighted by molar-refractivity contribution is -0.155. The summed E-state index contributed by atoms with van der Waals surface area (Å²) in [4.78, 5) is 39.6. The van der Waals surface area contributed by atoms with E-state index in [1.54, 1.807) is 0 Å². The van der Waals surface area contributed by atoms with E-state index in [1.165, 1.54) is 4.90 Å². The fourth-order valence-electron chi connectivity index (χ4n) is 5.49. The summed E-state index contributed by atoms with van der Waals surface area (Å²) in [5, 5.41) is 12.5. The van der Waals surface area contributed by atoms with Crippen LogP contribution in [-0.4, -0.2) is 53.2 Å². The molecule has 2 aromatic carbocycles. The van der Waals surface area contributed by atoms with E-state index in [4.69, 9.17) is 4.74 Å². The van der Waals surface area contributed by atoms with Gasteiger partial charge in [0.1, 0.15) is 18.7 Å². The Labute approximate surface area is 206 Å². The van der Waals surface area contributed by atoms with Gasteiger partial charge >= 0.3 is 12.1 Å². The fraction of sp³-hybridized carbons (Fsp3) is 0.464. The number of carboxylic acid groups (broad SMARTS) is 1. The summed E-state index contributed by atoms with van der Waals surface area (Å²) < 4.78 is 5.65. The molecule has 0 saturated carbocycles. The number of likely N-dealkylation sites (tertiary alicyclic amines) is 1. The van der Waals surface area contributed by atoms with E-state index in [-0.39, 0.29) is 30.3 Å². The van der Waals surface area contributed by atoms with Crippen molar-refractivity contribution in [3.05, 3.63) is 59.7 Å². The number of benzene rings is 2. The molecule has 2 unspecified atom stereocenters. The highest BCUT2D eigenvalue weighted by Gasteiger charge is 2.40. The van der Waals surface area contributed by atoms with E-state index in [0.717, 1.165) is 35.1 Å². The molecule has 0 aromatic heterocycles. The zero-order valence-corrected chi connectivity index (χ0v) is 20.6. The Balaban J connectivity index is 1.46. The van der Waals surface area contributed by atoms with Gasteiger partial charge in [0.2, 0.25) is 5.91 Å². The van der Waals surface area contributed by atoms with Crippen LogP contribution in [0.25, 0.3) is 11.1 Å². The van der Waals surface area contributed by atoms with Crippen molar-refractivity contribution in [3.63, 3.8) is 0 Å². The minimum Gasteiger partial charge on any atom is -0.480 e. The van der Waals surface area contributed by atoms with Gasteiger partial charge in [-0.25, -0.2) is 9.59 Å². The Kier molecular flexibility index (Phi) is 7.43. The zero-order valence-electron chi connectivity index (χ0n) is 20.6. The van der Waals surface area contributed by atoms with Gasteiger partial charge in [-0.2, -0.15) is 0 Å². The Bertz CT molecular complexity index is 1050. The number of carboxylic acids is 1. The topological polar surface area (TPSA) is 95.9 Å². The molecule has 0 radical (unpaired) electrons. The van der Waals surface area contributed by atoms with Crippen molar-refractivity contribution in [2.24, 2.45) is 11.8 Å². The van der Waals surface area contributed by atoms with E-state index in [0.29, 0.717) is 13.0 Å². The van der Waals surface area contributed by atoms with Gasteiger partial charge in [0.15, 0.2) is 0 Å². The number of piperidine rings is 1. The number of ether oxygens (including phenoxy) is 1. The van der Waals surface area contributed by atoms with Gasteiger partial charge < -0.3 is 20.1 Å². The van der Waals surface area contributed by atoms with Crippen molar-refractivity contribution in [1.82, 2.24) is 10.2 Å². The molecule has 3 atom stereocenters. The number of alkyl carbamates (subject to hydrolysis) is 1. The maximum absolute atomic E-state index is 13.4. The average Bonchev–Trinajstić information content (AvgIpc) is 3.15. The molecule has 7 nitrogen and oxygen atoms in total. The summed E-state index contributed by atoms with van der Waals surface area (Å²) in [6, 6.07) is 14.5. The summed E-state index contributed by atoms with van der Waals surface area (Å²) >= 11 is 0. The van der Waals surface area contributed by atoms with Crippen LogP contribution in [0.15, 0.2) is 48.5 Å². The molecule has 7 heteroatoms. The molecule has 35 heavy (non-hydrogen) atoms. The highest BCUT2D eigenvalue weighted by Crippen LogP contribution is 2.44. The van der Waals surface area contributed by atoms with Crippen LogP contribution in [0.1, 0.15) is 57.1 Å². The van der Waals surface area contributed by atoms with Crippen molar-refractivity contribution < 1.29 is 24.2 Å². The van der Waals surface area contributed by atoms with Crippen molar-refractivity contribution in [1.29, 1.82) is 0 Å². The Morgan fingerprint density at radius 3 is 2.23 bits per heavy atom. The lowest BCUT2D eigenvalue weighted by Crippen LogP contribution is -2.58. The number of aliphatic carboxylic acids is 1. The number of nitrogens with zero attached hydrogens (tertiary/aromatic N) is 1. The Morgan fingerprint density at radius 2 is 1.66 bits per heavy atom. The minimum atomic E-state index is -1.00. The first-order chi connectivity index (χ1) is 16.8. The number of fused-ring (bicyclic) bond motifs is 3. The molecule has 1 heterocycles. The van der Waals surface area contributed by atoms with Crippen molar-refractivity contribution in [3.8, 4) is 11.1 Å². The third-order valence-electron chi connectivity index (χ3n) is 7.11. The molecule has 0 bridgehead atoms. The maximum atomic E-state index is 13.4. The molecule has 2 N–H and O–H groups in total. The molecule has 1 saturated heterocycles. The molecular formula is C28H34N2O5. The first-order valence-electron chi connectivity index (χ1n) is 12.4. The van der Waals surface area contributed by atoms with Gasteiger partial charge in [0.25, 0.3) is 0 Å². The second-order valence-electron chi connectivity index (χ2n) is 10.1. The Hall–Kier alpha value is -3.35. The largest absolute Gasteiger partial charge is 0.480 e. The molecule has 2 aliphatic rings. The zero-order chi connectivity index (χ0) is 25.1. The van der Waals surface area contributed by atoms with Crippen molar-refractivity contribution in [2.75, 3.05) is 13.2 Å². The molecule has 1 fully saturated rings. The number of nitrogens with one attached hydrogen (secondary N) is 1. The standard InChI is InChI=1S/C28H34N2O5/c1-17(2)15-24(26(31)30-14-8-9-18(3)25(30)27(32)33)29-28(34)35-16-23-21-12-6-4-10-19(21)20-11-5-7-13-22(20)23/h4-7,10-13,17-18,23-25H,8-9,14-16H2,1-3H3,(H,29,34)(H,32,33)/t18?,24-,25?/m0/s1. The lowest BCUT2D eigenvalue weighted by atomic mass is 9.89. The van der Waals surface area contributed by atoms with Crippen LogP contribution < -0.4 is 5.32 Å². The summed E-state index contributed by atoms with van der Waals surface area (Å²) in [5.74, 6) is -1.45. The first kappa shape index (κ1) is 24.8. The van der Waals surface area contributed by atoms with Crippen molar-refractivity contribution in [2.45, 2.75) is 58.0 Å². The molecular weight excluding hydrogens is 444 g/mol. The molecule has 186 valence electrons. The third-order valence-corrected chi connectivity index (χ3v) is 7.11. The van der Waals surface area contributed by atoms with Gasteiger partial charge in [-0.3, -0.25) is 4.79 Å². The maximum Gasteiger partial charge on any atom is 0.407 e. The number of hydrogen-bond donors (Lipinski definition) is 2. The van der Waals surface area contributed by atoms with Gasteiger partial charge in [-0.15, -0.1) is 0 Å². The SMILES string of the molecule is CC(C)C[C@H](NC(=O)OCC1c2ccccc2-c2ccccc21)C(=O)N1CCCC(C)C1C(=O)O. The number of carbonyl (C=O) groups excluding carboxylic acids is 2. The highest BCUT2D eigenvalue weighted by molar-refractivity contribution is 5.89. The van der Waals surface area contributed by atoms with E-state index in [1.807, 2.05) is 45.0 Å². The van der Waals surface area contributed by atoms with Gasteiger partial charge in [0, 0.05) is 12.5 Å². The van der Waals surface area contributed by atoms with E-state index in [9.17, 15) is 19.5 Å². The highest BCUT2D eigenvalue weighted by atomic mass is 16.5. The van der Waals surface area contributed by atoms with Crippen molar-refractivity contribution >= 4 is 18.0 Å². The fourth-order valence-corrected chi connectivity index (χ4v) is 5.49. The number of hydrogen-bond acceptors (Lipinski definition) is 4. The predicted molar refractivity (Wildman–Crippen MR) is 133 cm³/mol. The summed E-state index contributed by atoms with van der Waals surface area (Å²) in [6.07, 6.45) is 1.24. The molecule has 4 rings (SSSR count). The van der Waals surface area contributed by atoms with Crippen LogP contribution in [0, 0.1) is 11.8 Å². The second kappa shape index (κ2) is 10.5. The predicted octanol–water partition coefficient (Wildman–Crippen LogP) is 4.65. The van der Waals surface area contributed by atoms with E-state index >= 15 is 0 Å². The quantitative estimate of drug-likeness (QED) is 0.604. The monoisotopic (exact) mass is 478 g/mol. The normalized spacial score (nSPS) is 20.2. The third kappa shape index (κ3) is 5.19. The molecule has 2 aromatic rings. The van der Waals surface area contributed by atoms with Crippen LogP contribution in [0.5, 0.6) is 0 Å². The van der Waals surface area contributed by atoms with Crippen LogP contribution in [-0.2, 0) is 14.3 Å². The lowest BCUT2D eigenvalue weighted by Gasteiger charge is -2.39. The average molecular weight is 479 g/mol. The molecule has 1 aliphatic carbocycles. The molecule has 2 amide bonds. The summed E-state index contributed by atoms with van der Waals surface area (Å²) in [5.41, 5.74) is 4.51. The van der Waals surface area contributed by atoms with Crippen LogP contribution in [0.2, 0.25) is 0 Å². The minimum absolute atomic E-state index is 0.0771. The summed E-state index contributed by atoms with van der Waals surface area (Å²) in [6.45, 7) is 6.32. The number of carbonyl (C=O) groups is 3. The van der Waals surface area contributed by atoms with Gasteiger partial charge in [-0.05, 0) is 53.4 Å². The van der Waals surface area contributed by atoms with E-state index in [2.05, 4.69) is 29.6 Å². The van der Waals surface area contributed by atoms with E-state index < -0.39 is 24.1 Å². The second-order valence-corrected chi connectivity index (χ2v) is 10.1. The smallest absolute Gasteiger partial charge is 0.407 e. The van der Waals surface area contributed by atoms with Gasteiger partial charge in [0.05, 0.1) is 0 Å². The first-order valence-corrected chi connectivity index (χ1v) is 12.4. The summed E-state index contributed by atoms with van der Waals surface area (Å²) in [7, 11) is 0. The molecule has 0 spiro atoms. The van der Waals surface area contributed by atoms with Crippen LogP contribution in [0.3, 0.4) is 0 Å².